The average Bonchev–Trinajstić information content (AvgIpc) is 3.35. The third-order valence-electron chi connectivity index (χ3n) is 10.7. The quantitative estimate of drug-likeness (QED) is 0.229. The summed E-state index contributed by atoms with van der Waals surface area (Å²) in [6.45, 7) is 4.65. The summed E-state index contributed by atoms with van der Waals surface area (Å²) in [6, 6.07) is 21.2. The maximum Gasteiger partial charge on any atom is 0.221 e. The first-order valence-corrected chi connectivity index (χ1v) is 16.8. The fourth-order valence-electron chi connectivity index (χ4n) is 8.72. The van der Waals surface area contributed by atoms with Crippen LogP contribution in [0, 0.1) is 5.92 Å². The molecular weight excluding hydrogens is 522 g/mol. The topological polar surface area (TPSA) is 10.1 Å². The van der Waals surface area contributed by atoms with E-state index >= 15 is 0 Å². The summed E-state index contributed by atoms with van der Waals surface area (Å²) in [7, 11) is 0. The van der Waals surface area contributed by atoms with Crippen molar-refractivity contribution in [2.45, 2.75) is 64.3 Å². The average molecular weight is 564 g/mol. The van der Waals surface area contributed by atoms with Crippen LogP contribution in [0.2, 0.25) is 0 Å². The van der Waals surface area contributed by atoms with E-state index in [1.54, 1.807) is 16.8 Å². The fraction of sp³-hybridized carbons (Fsp3) is 0.350. The third-order valence-corrected chi connectivity index (χ3v) is 10.7. The Hall–Kier alpha value is -3.98. The van der Waals surface area contributed by atoms with Crippen LogP contribution >= 0.6 is 0 Å². The van der Waals surface area contributed by atoms with Crippen LogP contribution in [-0.4, -0.2) is 30.4 Å². The fourth-order valence-corrected chi connectivity index (χ4v) is 8.72. The van der Waals surface area contributed by atoms with Gasteiger partial charge in [-0.1, -0.05) is 42.5 Å². The molecular formula is C40H41N3+2. The number of hydrogen-bond donors (Lipinski definition) is 0. The zero-order chi connectivity index (χ0) is 28.3. The number of nitrogens with zero attached hydrogens (tertiary/aromatic N) is 3. The first kappa shape index (κ1) is 25.5. The molecule has 5 aliphatic heterocycles. The van der Waals surface area contributed by atoms with Crippen LogP contribution in [0.25, 0.3) is 33.8 Å². The zero-order valence-electron chi connectivity index (χ0n) is 25.2. The van der Waals surface area contributed by atoms with Crippen molar-refractivity contribution in [2.75, 3.05) is 24.5 Å². The molecule has 1 atom stereocenters. The summed E-state index contributed by atoms with van der Waals surface area (Å²) in [6.07, 6.45) is 23.1. The summed E-state index contributed by atoms with van der Waals surface area (Å²) in [5, 5.41) is 2.71. The molecule has 0 radical (unpaired) electrons. The molecule has 3 heteroatoms. The minimum Gasteiger partial charge on any atom is -0.371 e. The predicted octanol–water partition coefficient (Wildman–Crippen LogP) is 7.54. The zero-order valence-corrected chi connectivity index (χ0v) is 25.2. The van der Waals surface area contributed by atoms with Gasteiger partial charge in [0.15, 0.2) is 6.20 Å². The highest BCUT2D eigenvalue weighted by Crippen LogP contribution is 2.42. The minimum absolute atomic E-state index is 0.405. The first-order valence-electron chi connectivity index (χ1n) is 16.8. The van der Waals surface area contributed by atoms with Crippen molar-refractivity contribution in [1.29, 1.82) is 0 Å². The molecule has 3 nitrogen and oxygen atoms in total. The maximum atomic E-state index is 2.65. The van der Waals surface area contributed by atoms with Gasteiger partial charge in [-0.25, -0.2) is 4.58 Å². The second-order valence-electron chi connectivity index (χ2n) is 13.4. The maximum absolute atomic E-state index is 2.65. The van der Waals surface area contributed by atoms with Crippen LogP contribution in [-0.2, 0) is 32.2 Å². The monoisotopic (exact) mass is 563 g/mol. The molecule has 9 rings (SSSR count). The molecule has 5 aliphatic rings. The molecule has 0 bridgehead atoms. The largest absolute Gasteiger partial charge is 0.371 e. The number of anilines is 1. The second kappa shape index (κ2) is 10.3. The lowest BCUT2D eigenvalue weighted by atomic mass is 9.86. The van der Waals surface area contributed by atoms with Crippen molar-refractivity contribution in [3.05, 3.63) is 106 Å². The van der Waals surface area contributed by atoms with Crippen LogP contribution in [0.5, 0.6) is 0 Å². The van der Waals surface area contributed by atoms with Gasteiger partial charge in [0, 0.05) is 50.0 Å². The van der Waals surface area contributed by atoms with Gasteiger partial charge in [-0.15, -0.1) is 0 Å². The molecule has 0 aliphatic carbocycles. The number of aryl methyl sites for hydroxylation is 5. The smallest absolute Gasteiger partial charge is 0.221 e. The number of pyridine rings is 1. The van der Waals surface area contributed by atoms with Gasteiger partial charge in [-0.05, 0) is 96.0 Å². The van der Waals surface area contributed by atoms with Crippen LogP contribution in [0.4, 0.5) is 5.69 Å². The van der Waals surface area contributed by atoms with Crippen molar-refractivity contribution in [2.24, 2.45) is 5.92 Å². The van der Waals surface area contributed by atoms with E-state index in [4.69, 9.17) is 0 Å². The van der Waals surface area contributed by atoms with Crippen LogP contribution in [0.3, 0.4) is 0 Å². The standard InChI is InChI=1S/C40H41N3/c1-2-12-35-30(7-1)18-24-43-22-4-9-32-16-15-31-8-3-19-41-23-17-28(27-36(41)37(31)38(32)40(35)43)13-14-29-25-33-10-5-20-42-21-6-11-34(26-29)39(33)42/h1-2,7,12-16,18,23-28H,3-6,8-11,17,19-22H2/q+2. The van der Waals surface area contributed by atoms with Gasteiger partial charge < -0.3 is 4.90 Å². The number of hydrogen-bond acceptors (Lipinski definition) is 1. The molecule has 0 fully saturated rings. The highest BCUT2D eigenvalue weighted by Gasteiger charge is 2.35. The van der Waals surface area contributed by atoms with E-state index in [9.17, 15) is 0 Å². The lowest BCUT2D eigenvalue weighted by molar-refractivity contribution is -0.684. The Morgan fingerprint density at radius 1 is 0.744 bits per heavy atom. The van der Waals surface area contributed by atoms with E-state index in [1.807, 2.05) is 0 Å². The number of aromatic nitrogens is 1. The van der Waals surface area contributed by atoms with E-state index in [2.05, 4.69) is 99.3 Å². The number of allylic oxidation sites excluding steroid dienone is 2. The highest BCUT2D eigenvalue weighted by molar-refractivity contribution is 5.97. The van der Waals surface area contributed by atoms with E-state index in [-0.39, 0.29) is 0 Å². The van der Waals surface area contributed by atoms with Crippen molar-refractivity contribution in [3.8, 4) is 11.3 Å². The molecule has 0 saturated carbocycles. The van der Waals surface area contributed by atoms with Gasteiger partial charge in [0.2, 0.25) is 11.4 Å². The van der Waals surface area contributed by atoms with Gasteiger partial charge in [0.05, 0.1) is 16.5 Å². The molecule has 214 valence electrons. The summed E-state index contributed by atoms with van der Waals surface area (Å²) in [5.74, 6) is 0.405. The minimum atomic E-state index is 0.405. The highest BCUT2D eigenvalue weighted by atomic mass is 15.1. The molecule has 0 N–H and O–H groups in total. The van der Waals surface area contributed by atoms with Crippen molar-refractivity contribution in [1.82, 2.24) is 0 Å². The Morgan fingerprint density at radius 2 is 1.49 bits per heavy atom. The summed E-state index contributed by atoms with van der Waals surface area (Å²) in [5.41, 5.74) is 15.0. The molecule has 1 aromatic heterocycles. The van der Waals surface area contributed by atoms with Crippen molar-refractivity contribution in [3.63, 3.8) is 0 Å². The lowest BCUT2D eigenvalue weighted by Gasteiger charge is -2.37. The Kier molecular flexibility index (Phi) is 6.13. The number of benzene rings is 3. The van der Waals surface area contributed by atoms with E-state index in [0.717, 1.165) is 32.4 Å². The normalized spacial score (nSPS) is 20.7. The SMILES string of the molecule is C(=CC1C=C2c3c(ccc4c3-c3c5ccccc5cc[n+]3CCC4)CCC[N+]2=CC1)c1cc2c3c(c1)CCCN3CCC2. The molecule has 4 aromatic rings. The Balaban J connectivity index is 1.16. The Morgan fingerprint density at radius 3 is 2.33 bits per heavy atom. The van der Waals surface area contributed by atoms with Gasteiger partial charge in [0.1, 0.15) is 19.3 Å². The molecule has 0 amide bonds. The van der Waals surface area contributed by atoms with Crippen LogP contribution < -0.4 is 9.47 Å². The summed E-state index contributed by atoms with van der Waals surface area (Å²) >= 11 is 0. The molecule has 43 heavy (non-hydrogen) atoms. The molecule has 1 unspecified atom stereocenters. The molecule has 6 heterocycles. The first-order chi connectivity index (χ1) is 21.3. The Labute approximate surface area is 255 Å². The van der Waals surface area contributed by atoms with Gasteiger partial charge in [0.25, 0.3) is 0 Å². The van der Waals surface area contributed by atoms with Gasteiger partial charge in [-0.2, -0.15) is 4.57 Å². The third kappa shape index (κ3) is 4.31. The number of fused-ring (bicyclic) bond motifs is 9. The van der Waals surface area contributed by atoms with E-state index in [0.29, 0.717) is 5.92 Å². The van der Waals surface area contributed by atoms with Crippen LogP contribution in [0.1, 0.15) is 65.5 Å². The van der Waals surface area contributed by atoms with Crippen molar-refractivity contribution >= 4 is 34.4 Å². The Bertz CT molecular complexity index is 1840. The van der Waals surface area contributed by atoms with E-state index in [1.165, 1.54) is 102 Å². The van der Waals surface area contributed by atoms with E-state index < -0.39 is 0 Å². The van der Waals surface area contributed by atoms with Crippen LogP contribution in [0.15, 0.2) is 72.9 Å². The van der Waals surface area contributed by atoms with Gasteiger partial charge >= 0.3 is 0 Å². The van der Waals surface area contributed by atoms with Crippen molar-refractivity contribution < 1.29 is 9.14 Å². The second-order valence-corrected chi connectivity index (χ2v) is 13.4. The summed E-state index contributed by atoms with van der Waals surface area (Å²) in [4.78, 5) is 2.65. The summed E-state index contributed by atoms with van der Waals surface area (Å²) < 4.78 is 5.13. The van der Waals surface area contributed by atoms with Gasteiger partial charge in [-0.3, -0.25) is 0 Å². The molecule has 0 saturated heterocycles. The number of rotatable bonds is 2. The molecule has 0 spiro atoms. The lowest BCUT2D eigenvalue weighted by Crippen LogP contribution is -2.35. The molecule has 3 aromatic carbocycles. The predicted molar refractivity (Wildman–Crippen MR) is 178 cm³/mol.